The fourth-order valence-corrected chi connectivity index (χ4v) is 6.39. The standard InChI is InChI=1S/C36H49N3O5Si/c1-24(38-22-34(44-45(6,7)36(2,3)4)27-12-14-33(41)29(20-27)23-40)17-26-11-13-31-28(18-26)21-32(39-31)35(42)37-16-15-25-9-8-10-30(19-25)43-5/h8-14,18-21,24,34,38-41H,15-17,22-23H2,1-7H3,(H,37,42). The Balaban J connectivity index is 1.38. The summed E-state index contributed by atoms with van der Waals surface area (Å²) in [6.07, 6.45) is 1.29. The Labute approximate surface area is 268 Å². The Kier molecular flexibility index (Phi) is 11.1. The number of carbonyl (C=O) groups is 1. The van der Waals surface area contributed by atoms with Gasteiger partial charge in [0.05, 0.1) is 19.8 Å². The second-order valence-electron chi connectivity index (χ2n) is 13.4. The number of phenols is 1. The molecule has 0 saturated carbocycles. The first-order valence-electron chi connectivity index (χ1n) is 15.7. The Morgan fingerprint density at radius 3 is 2.51 bits per heavy atom. The van der Waals surface area contributed by atoms with Crippen molar-refractivity contribution in [2.75, 3.05) is 20.2 Å². The van der Waals surface area contributed by atoms with Crippen molar-refractivity contribution in [3.05, 3.63) is 94.7 Å². The summed E-state index contributed by atoms with van der Waals surface area (Å²) in [5.41, 5.74) is 5.17. The van der Waals surface area contributed by atoms with Gasteiger partial charge in [0.15, 0.2) is 8.32 Å². The number of fused-ring (bicyclic) bond motifs is 1. The predicted molar refractivity (Wildman–Crippen MR) is 184 cm³/mol. The smallest absolute Gasteiger partial charge is 0.267 e. The highest BCUT2D eigenvalue weighted by Gasteiger charge is 2.39. The van der Waals surface area contributed by atoms with Gasteiger partial charge in [0.1, 0.15) is 17.2 Å². The quantitative estimate of drug-likeness (QED) is 0.0998. The summed E-state index contributed by atoms with van der Waals surface area (Å²) in [5.74, 6) is 0.766. The number of carbonyl (C=O) groups excluding carboxylic acids is 1. The van der Waals surface area contributed by atoms with Crippen molar-refractivity contribution in [3.8, 4) is 11.5 Å². The Morgan fingerprint density at radius 2 is 1.80 bits per heavy atom. The van der Waals surface area contributed by atoms with Crippen LogP contribution in [0.4, 0.5) is 0 Å². The van der Waals surface area contributed by atoms with E-state index in [1.54, 1.807) is 13.2 Å². The molecule has 0 aliphatic rings. The number of amides is 1. The largest absolute Gasteiger partial charge is 0.508 e. The Morgan fingerprint density at radius 1 is 1.02 bits per heavy atom. The second-order valence-corrected chi connectivity index (χ2v) is 18.1. The van der Waals surface area contributed by atoms with Gasteiger partial charge in [-0.15, -0.1) is 0 Å². The average Bonchev–Trinajstić information content (AvgIpc) is 3.43. The minimum atomic E-state index is -2.11. The summed E-state index contributed by atoms with van der Waals surface area (Å²) in [5, 5.41) is 27.6. The van der Waals surface area contributed by atoms with E-state index in [4.69, 9.17) is 9.16 Å². The summed E-state index contributed by atoms with van der Waals surface area (Å²) < 4.78 is 12.1. The Bertz CT molecular complexity index is 1590. The molecule has 3 aromatic carbocycles. The van der Waals surface area contributed by atoms with Crippen LogP contribution < -0.4 is 15.4 Å². The van der Waals surface area contributed by atoms with Crippen molar-refractivity contribution in [3.63, 3.8) is 0 Å². The van der Waals surface area contributed by atoms with Crippen molar-refractivity contribution in [1.29, 1.82) is 0 Å². The lowest BCUT2D eigenvalue weighted by Gasteiger charge is -2.40. The average molecular weight is 632 g/mol. The molecule has 0 saturated heterocycles. The number of hydrogen-bond donors (Lipinski definition) is 5. The lowest BCUT2D eigenvalue weighted by atomic mass is 10.0. The third-order valence-corrected chi connectivity index (χ3v) is 13.3. The van der Waals surface area contributed by atoms with Gasteiger partial charge in [-0.1, -0.05) is 45.0 Å². The van der Waals surface area contributed by atoms with Crippen molar-refractivity contribution >= 4 is 25.1 Å². The van der Waals surface area contributed by atoms with Gasteiger partial charge in [-0.3, -0.25) is 4.79 Å². The zero-order chi connectivity index (χ0) is 32.8. The maximum absolute atomic E-state index is 12.9. The maximum atomic E-state index is 12.9. The van der Waals surface area contributed by atoms with Crippen LogP contribution in [0.15, 0.2) is 66.7 Å². The van der Waals surface area contributed by atoms with E-state index in [2.05, 4.69) is 68.5 Å². The summed E-state index contributed by atoms with van der Waals surface area (Å²) in [7, 11) is -0.464. The van der Waals surface area contributed by atoms with E-state index in [9.17, 15) is 15.0 Å². The number of methoxy groups -OCH3 is 1. The van der Waals surface area contributed by atoms with E-state index in [1.807, 2.05) is 48.5 Å². The van der Waals surface area contributed by atoms with Crippen LogP contribution in [-0.2, 0) is 23.9 Å². The van der Waals surface area contributed by atoms with Crippen LogP contribution in [0, 0.1) is 0 Å². The molecule has 0 aliphatic heterocycles. The molecule has 4 rings (SSSR count). The highest BCUT2D eigenvalue weighted by Crippen LogP contribution is 2.40. The van der Waals surface area contributed by atoms with Crippen molar-refractivity contribution < 1.29 is 24.2 Å². The summed E-state index contributed by atoms with van der Waals surface area (Å²) in [4.78, 5) is 16.1. The fourth-order valence-electron chi connectivity index (χ4n) is 5.10. The lowest BCUT2D eigenvalue weighted by Crippen LogP contribution is -2.44. The summed E-state index contributed by atoms with van der Waals surface area (Å²) in [6, 6.07) is 21.5. The minimum absolute atomic E-state index is 0.0331. The molecule has 2 atom stereocenters. The van der Waals surface area contributed by atoms with Crippen LogP contribution in [0.5, 0.6) is 11.5 Å². The monoisotopic (exact) mass is 631 g/mol. The first kappa shape index (κ1) is 34.2. The highest BCUT2D eigenvalue weighted by molar-refractivity contribution is 6.74. The fraction of sp³-hybridized carbons (Fsp3) is 0.417. The third kappa shape index (κ3) is 8.98. The molecule has 4 aromatic rings. The lowest BCUT2D eigenvalue weighted by molar-refractivity contribution is 0.0950. The molecule has 1 amide bonds. The van der Waals surface area contributed by atoms with E-state index in [0.717, 1.165) is 40.6 Å². The van der Waals surface area contributed by atoms with Gasteiger partial charge in [0.25, 0.3) is 5.91 Å². The molecular weight excluding hydrogens is 582 g/mol. The first-order valence-corrected chi connectivity index (χ1v) is 18.6. The zero-order valence-electron chi connectivity index (χ0n) is 27.7. The molecule has 9 heteroatoms. The van der Waals surface area contributed by atoms with E-state index in [1.165, 1.54) is 5.56 Å². The molecule has 1 aromatic heterocycles. The van der Waals surface area contributed by atoms with Gasteiger partial charge < -0.3 is 35.0 Å². The molecule has 8 nitrogen and oxygen atoms in total. The molecular formula is C36H49N3O5Si. The molecule has 2 unspecified atom stereocenters. The molecule has 0 fully saturated rings. The number of nitrogens with one attached hydrogen (secondary N) is 3. The maximum Gasteiger partial charge on any atom is 0.267 e. The van der Waals surface area contributed by atoms with E-state index >= 15 is 0 Å². The van der Waals surface area contributed by atoms with Crippen LogP contribution in [-0.4, -0.2) is 55.7 Å². The number of H-pyrrole nitrogens is 1. The number of aromatic nitrogens is 1. The number of aromatic amines is 1. The number of aliphatic hydroxyl groups is 1. The van der Waals surface area contributed by atoms with E-state index in [0.29, 0.717) is 24.3 Å². The van der Waals surface area contributed by atoms with Gasteiger partial charge in [-0.05, 0) is 97.1 Å². The minimum Gasteiger partial charge on any atom is -0.508 e. The van der Waals surface area contributed by atoms with Gasteiger partial charge in [0, 0.05) is 35.6 Å². The van der Waals surface area contributed by atoms with Gasteiger partial charge in [0.2, 0.25) is 0 Å². The van der Waals surface area contributed by atoms with Crippen molar-refractivity contribution in [2.45, 2.75) is 77.4 Å². The van der Waals surface area contributed by atoms with Gasteiger partial charge in [-0.25, -0.2) is 0 Å². The number of aromatic hydroxyl groups is 1. The zero-order valence-corrected chi connectivity index (χ0v) is 28.7. The van der Waals surface area contributed by atoms with Crippen molar-refractivity contribution in [2.24, 2.45) is 0 Å². The molecule has 45 heavy (non-hydrogen) atoms. The third-order valence-electron chi connectivity index (χ3n) is 8.85. The number of benzene rings is 3. The highest BCUT2D eigenvalue weighted by atomic mass is 28.4. The molecule has 0 aliphatic carbocycles. The van der Waals surface area contributed by atoms with Crippen molar-refractivity contribution in [1.82, 2.24) is 15.6 Å². The van der Waals surface area contributed by atoms with Crippen LogP contribution in [0.1, 0.15) is 66.5 Å². The number of rotatable bonds is 14. The normalized spacial score (nSPS) is 13.5. The van der Waals surface area contributed by atoms with Crippen LogP contribution in [0.3, 0.4) is 0 Å². The molecule has 1 heterocycles. The molecule has 242 valence electrons. The van der Waals surface area contributed by atoms with Crippen LogP contribution >= 0.6 is 0 Å². The number of aliphatic hydroxyl groups excluding tert-OH is 1. The van der Waals surface area contributed by atoms with Gasteiger partial charge in [-0.2, -0.15) is 0 Å². The predicted octanol–water partition coefficient (Wildman–Crippen LogP) is 6.63. The molecule has 5 N–H and O–H groups in total. The Hall–Kier alpha value is -3.63. The summed E-state index contributed by atoms with van der Waals surface area (Å²) >= 11 is 0. The molecule has 0 spiro atoms. The van der Waals surface area contributed by atoms with E-state index in [-0.39, 0.29) is 35.4 Å². The number of ether oxygens (including phenoxy) is 1. The van der Waals surface area contributed by atoms with Crippen LogP contribution in [0.2, 0.25) is 18.1 Å². The molecule has 0 bridgehead atoms. The molecule has 0 radical (unpaired) electrons. The van der Waals surface area contributed by atoms with Crippen LogP contribution in [0.25, 0.3) is 10.9 Å². The number of hydrogen-bond acceptors (Lipinski definition) is 6. The SMILES string of the molecule is COc1cccc(CCNC(=O)c2cc3cc(CC(C)NCC(O[Si](C)(C)C(C)(C)C)c4ccc(O)c(CO)c4)ccc3[nH]2)c1. The first-order chi connectivity index (χ1) is 21.3. The van der Waals surface area contributed by atoms with Gasteiger partial charge >= 0.3 is 0 Å². The van der Waals surface area contributed by atoms with E-state index < -0.39 is 8.32 Å². The second kappa shape index (κ2) is 14.6. The summed E-state index contributed by atoms with van der Waals surface area (Å²) in [6.45, 7) is 14.2. The topological polar surface area (TPSA) is 116 Å².